The van der Waals surface area contributed by atoms with E-state index in [1.807, 2.05) is 0 Å². The molecule has 48 heavy (non-hydrogen) atoms. The van der Waals surface area contributed by atoms with Gasteiger partial charge in [-0.3, -0.25) is 0 Å². The molecule has 0 bridgehead atoms. The molecular weight excluding hydrogens is 577 g/mol. The van der Waals surface area contributed by atoms with E-state index >= 15 is 0 Å². The number of rotatable bonds is 3. The maximum Gasteiger partial charge on any atom is -0.000696 e. The van der Waals surface area contributed by atoms with Gasteiger partial charge in [-0.25, -0.2) is 0 Å². The minimum absolute atomic E-state index is 1.24. The molecule has 0 unspecified atom stereocenters. The van der Waals surface area contributed by atoms with Crippen molar-refractivity contribution in [3.05, 3.63) is 170 Å². The first-order valence-corrected chi connectivity index (χ1v) is 16.8. The quantitative estimate of drug-likeness (QED) is 0.139. The summed E-state index contributed by atoms with van der Waals surface area (Å²) in [5, 5.41) is 13.3. The van der Waals surface area contributed by atoms with E-state index in [-0.39, 0.29) is 0 Å². The average molecular weight is 605 g/mol. The summed E-state index contributed by atoms with van der Waals surface area (Å²) < 4.78 is 0. The lowest BCUT2D eigenvalue weighted by atomic mass is 9.79. The Kier molecular flexibility index (Phi) is 5.20. The molecule has 0 N–H and O–H groups in total. The van der Waals surface area contributed by atoms with Crippen LogP contribution in [0.2, 0.25) is 0 Å². The number of benzene rings is 10. The SMILES string of the molecule is c1ccc(-c2ccccc2-c2c3c(c4c5ccc(-c6ccccc6)c6cccc(c7cccc2c74)c65)-c2cccc4cccc-3c24)cc1. The third-order valence-electron chi connectivity index (χ3n) is 10.7. The van der Waals surface area contributed by atoms with Gasteiger partial charge in [-0.1, -0.05) is 170 Å². The molecule has 220 valence electrons. The maximum absolute atomic E-state index is 2.40. The smallest absolute Gasteiger partial charge is 0.000696 e. The molecule has 0 saturated heterocycles. The van der Waals surface area contributed by atoms with Gasteiger partial charge in [0.1, 0.15) is 0 Å². The zero-order valence-corrected chi connectivity index (χ0v) is 26.2. The van der Waals surface area contributed by atoms with E-state index in [1.165, 1.54) is 109 Å². The predicted molar refractivity (Wildman–Crippen MR) is 206 cm³/mol. The monoisotopic (exact) mass is 604 g/mol. The molecule has 0 aromatic heterocycles. The van der Waals surface area contributed by atoms with Crippen molar-refractivity contribution in [2.24, 2.45) is 0 Å². The van der Waals surface area contributed by atoms with Crippen LogP contribution in [0.5, 0.6) is 0 Å². The Morgan fingerprint density at radius 2 is 0.750 bits per heavy atom. The van der Waals surface area contributed by atoms with E-state index in [2.05, 4.69) is 170 Å². The number of hydrogen-bond donors (Lipinski definition) is 0. The Morgan fingerprint density at radius 1 is 0.208 bits per heavy atom. The molecule has 10 aromatic rings. The van der Waals surface area contributed by atoms with Crippen molar-refractivity contribution in [2.75, 3.05) is 0 Å². The van der Waals surface area contributed by atoms with Crippen molar-refractivity contribution in [1.82, 2.24) is 0 Å². The standard InChI is InChI=1S/C48H28/c1-3-13-29(14-4-1)32-19-7-8-20-35(32)44-40-26-12-23-37-36-22-11-21-34-33(30-15-5-2-6-16-30)27-28-41(43(34)36)47(45(37)40)48-39-25-10-18-31-17-9-24-38(42(31)39)46(44)48/h1-28H. The largest absolute Gasteiger partial charge is 0.0622 e. The van der Waals surface area contributed by atoms with Crippen LogP contribution in [0.1, 0.15) is 0 Å². The highest BCUT2D eigenvalue weighted by Gasteiger charge is 2.31. The molecule has 11 rings (SSSR count). The third kappa shape index (κ3) is 3.34. The molecule has 0 heterocycles. The van der Waals surface area contributed by atoms with Gasteiger partial charge in [-0.2, -0.15) is 0 Å². The van der Waals surface area contributed by atoms with Crippen molar-refractivity contribution in [1.29, 1.82) is 0 Å². The Hall–Kier alpha value is -6.24. The molecule has 0 amide bonds. The van der Waals surface area contributed by atoms with E-state index in [0.29, 0.717) is 0 Å². The summed E-state index contributed by atoms with van der Waals surface area (Å²) in [6, 6.07) is 63.0. The highest BCUT2D eigenvalue weighted by atomic mass is 14.3. The zero-order valence-electron chi connectivity index (χ0n) is 26.2. The van der Waals surface area contributed by atoms with Gasteiger partial charge >= 0.3 is 0 Å². The van der Waals surface area contributed by atoms with Crippen molar-refractivity contribution >= 4 is 53.9 Å². The van der Waals surface area contributed by atoms with Gasteiger partial charge in [0.05, 0.1) is 0 Å². The van der Waals surface area contributed by atoms with E-state index in [1.54, 1.807) is 0 Å². The molecule has 10 aromatic carbocycles. The summed E-state index contributed by atoms with van der Waals surface area (Å²) in [6.07, 6.45) is 0. The van der Waals surface area contributed by atoms with Crippen LogP contribution in [-0.4, -0.2) is 0 Å². The summed E-state index contributed by atoms with van der Waals surface area (Å²) in [5.74, 6) is 0. The van der Waals surface area contributed by atoms with Gasteiger partial charge in [0.25, 0.3) is 0 Å². The van der Waals surface area contributed by atoms with Crippen LogP contribution in [0.3, 0.4) is 0 Å². The maximum atomic E-state index is 2.40. The fourth-order valence-electron chi connectivity index (χ4n) is 8.89. The molecule has 1 aliphatic carbocycles. The van der Waals surface area contributed by atoms with Crippen LogP contribution in [0.25, 0.3) is 109 Å². The molecule has 0 fully saturated rings. The molecular formula is C48H28. The fourth-order valence-corrected chi connectivity index (χ4v) is 8.89. The van der Waals surface area contributed by atoms with Crippen LogP contribution in [0.15, 0.2) is 170 Å². The Bertz CT molecular complexity index is 2910. The topological polar surface area (TPSA) is 0 Å². The first-order chi connectivity index (χ1) is 23.9. The summed E-state index contributed by atoms with van der Waals surface area (Å²) >= 11 is 0. The average Bonchev–Trinajstić information content (AvgIpc) is 3.49. The minimum atomic E-state index is 1.24. The lowest BCUT2D eigenvalue weighted by Gasteiger charge is -2.23. The van der Waals surface area contributed by atoms with Gasteiger partial charge in [-0.15, -0.1) is 0 Å². The van der Waals surface area contributed by atoms with E-state index in [4.69, 9.17) is 0 Å². The van der Waals surface area contributed by atoms with Crippen LogP contribution in [0.4, 0.5) is 0 Å². The van der Waals surface area contributed by atoms with Crippen LogP contribution < -0.4 is 0 Å². The fraction of sp³-hybridized carbons (Fsp3) is 0. The van der Waals surface area contributed by atoms with Gasteiger partial charge in [-0.05, 0) is 109 Å². The summed E-state index contributed by atoms with van der Waals surface area (Å²) in [6.45, 7) is 0. The lowest BCUT2D eigenvalue weighted by Crippen LogP contribution is -1.96. The second-order valence-corrected chi connectivity index (χ2v) is 13.1. The van der Waals surface area contributed by atoms with Crippen molar-refractivity contribution < 1.29 is 0 Å². The van der Waals surface area contributed by atoms with E-state index in [0.717, 1.165) is 0 Å². The molecule has 0 aliphatic heterocycles. The predicted octanol–water partition coefficient (Wildman–Crippen LogP) is 13.5. The van der Waals surface area contributed by atoms with Crippen LogP contribution >= 0.6 is 0 Å². The Labute approximate surface area is 278 Å². The second-order valence-electron chi connectivity index (χ2n) is 13.1. The number of fused-ring (bicyclic) bond motifs is 6. The normalized spacial score (nSPS) is 12.2. The van der Waals surface area contributed by atoms with E-state index in [9.17, 15) is 0 Å². The van der Waals surface area contributed by atoms with Gasteiger partial charge in [0, 0.05) is 0 Å². The summed E-state index contributed by atoms with van der Waals surface area (Å²) in [5.41, 5.74) is 13.0. The molecule has 1 aliphatic rings. The van der Waals surface area contributed by atoms with Gasteiger partial charge < -0.3 is 0 Å². The lowest BCUT2D eigenvalue weighted by molar-refractivity contribution is 1.60. The zero-order chi connectivity index (χ0) is 31.3. The first kappa shape index (κ1) is 25.9. The Balaban J connectivity index is 1.40. The van der Waals surface area contributed by atoms with Crippen molar-refractivity contribution in [3.8, 4) is 55.6 Å². The summed E-state index contributed by atoms with van der Waals surface area (Å²) in [7, 11) is 0. The molecule has 0 spiro atoms. The van der Waals surface area contributed by atoms with Crippen LogP contribution in [0, 0.1) is 0 Å². The van der Waals surface area contributed by atoms with E-state index < -0.39 is 0 Å². The second kappa shape index (κ2) is 9.64. The molecule has 0 nitrogen and oxygen atoms in total. The number of hydrogen-bond acceptors (Lipinski definition) is 0. The third-order valence-corrected chi connectivity index (χ3v) is 10.7. The van der Waals surface area contributed by atoms with Crippen molar-refractivity contribution in [3.63, 3.8) is 0 Å². The van der Waals surface area contributed by atoms with Crippen molar-refractivity contribution in [2.45, 2.75) is 0 Å². The summed E-state index contributed by atoms with van der Waals surface area (Å²) in [4.78, 5) is 0. The van der Waals surface area contributed by atoms with Crippen LogP contribution in [-0.2, 0) is 0 Å². The molecule has 0 heteroatoms. The highest BCUT2D eigenvalue weighted by molar-refractivity contribution is 6.41. The molecule has 0 atom stereocenters. The molecule has 0 radical (unpaired) electrons. The highest BCUT2D eigenvalue weighted by Crippen LogP contribution is 2.59. The van der Waals surface area contributed by atoms with Gasteiger partial charge in [0.15, 0.2) is 0 Å². The van der Waals surface area contributed by atoms with Gasteiger partial charge in [0.2, 0.25) is 0 Å². The first-order valence-electron chi connectivity index (χ1n) is 16.8. The minimum Gasteiger partial charge on any atom is -0.0622 e. The Morgan fingerprint density at radius 3 is 1.48 bits per heavy atom. The molecule has 0 saturated carbocycles.